The molecule has 2 saturated heterocycles. The van der Waals surface area contributed by atoms with Crippen molar-refractivity contribution in [3.8, 4) is 0 Å². The van der Waals surface area contributed by atoms with Crippen LogP contribution < -0.4 is 0 Å². The summed E-state index contributed by atoms with van der Waals surface area (Å²) in [6, 6.07) is 9.98. The highest BCUT2D eigenvalue weighted by atomic mass is 16.6. The fourth-order valence-corrected chi connectivity index (χ4v) is 4.72. The molecule has 0 spiro atoms. The third-order valence-electron chi connectivity index (χ3n) is 5.86. The maximum atomic E-state index is 13.4. The Balaban J connectivity index is 1.57. The van der Waals surface area contributed by atoms with Gasteiger partial charge in [0.1, 0.15) is 11.3 Å². The van der Waals surface area contributed by atoms with Crippen LogP contribution in [0.25, 0.3) is 10.8 Å². The molecule has 148 valence electrons. The number of rotatable bonds is 2. The second-order valence-corrected chi connectivity index (χ2v) is 9.04. The molecule has 0 saturated carbocycles. The second kappa shape index (κ2) is 7.19. The molecule has 2 bridgehead atoms. The van der Waals surface area contributed by atoms with Crippen LogP contribution >= 0.6 is 0 Å². The Morgan fingerprint density at radius 1 is 1.07 bits per heavy atom. The van der Waals surface area contributed by atoms with E-state index in [9.17, 15) is 9.59 Å². The topological polar surface area (TPSA) is 59.5 Å². The average molecular weight is 380 g/mol. The highest BCUT2D eigenvalue weighted by molar-refractivity contribution is 6.07. The summed E-state index contributed by atoms with van der Waals surface area (Å²) in [6.07, 6.45) is 5.83. The first-order valence-electron chi connectivity index (χ1n) is 10.2. The van der Waals surface area contributed by atoms with Crippen LogP contribution in [0.15, 0.2) is 36.5 Å². The summed E-state index contributed by atoms with van der Waals surface area (Å²) >= 11 is 0. The van der Waals surface area contributed by atoms with E-state index in [1.165, 1.54) is 0 Å². The molecule has 3 heterocycles. The number of aromatic nitrogens is 1. The quantitative estimate of drug-likeness (QED) is 0.689. The minimum Gasteiger partial charge on any atom is -0.444 e. The molecule has 1 aromatic heterocycles. The van der Waals surface area contributed by atoms with Gasteiger partial charge in [-0.2, -0.15) is 0 Å². The van der Waals surface area contributed by atoms with Crippen molar-refractivity contribution in [2.75, 3.05) is 0 Å². The number of ketones is 1. The van der Waals surface area contributed by atoms with Gasteiger partial charge >= 0.3 is 6.09 Å². The molecule has 4 rings (SSSR count). The van der Waals surface area contributed by atoms with Gasteiger partial charge in [0.2, 0.25) is 0 Å². The first-order valence-corrected chi connectivity index (χ1v) is 10.2. The molecule has 2 aliphatic heterocycles. The maximum Gasteiger partial charge on any atom is 0.410 e. The monoisotopic (exact) mass is 380 g/mol. The van der Waals surface area contributed by atoms with Crippen LogP contribution in [0.3, 0.4) is 0 Å². The largest absolute Gasteiger partial charge is 0.444 e. The zero-order chi connectivity index (χ0) is 19.9. The van der Waals surface area contributed by atoms with Crippen LogP contribution in [0.1, 0.15) is 63.4 Å². The molecular formula is C23H28N2O3. The maximum absolute atomic E-state index is 13.4. The Kier molecular flexibility index (Phi) is 4.86. The number of hydrogen-bond acceptors (Lipinski definition) is 4. The van der Waals surface area contributed by atoms with Gasteiger partial charge < -0.3 is 9.64 Å². The van der Waals surface area contributed by atoms with Crippen LogP contribution in [0.4, 0.5) is 4.79 Å². The predicted octanol–water partition coefficient (Wildman–Crippen LogP) is 4.99. The molecule has 1 amide bonds. The third-order valence-corrected chi connectivity index (χ3v) is 5.86. The highest BCUT2D eigenvalue weighted by Gasteiger charge is 2.44. The van der Waals surface area contributed by atoms with Gasteiger partial charge in [-0.15, -0.1) is 0 Å². The van der Waals surface area contributed by atoms with Crippen molar-refractivity contribution >= 4 is 22.6 Å². The Morgan fingerprint density at radius 2 is 1.75 bits per heavy atom. The predicted molar refractivity (Wildman–Crippen MR) is 108 cm³/mol. The van der Waals surface area contributed by atoms with E-state index in [0.29, 0.717) is 18.5 Å². The van der Waals surface area contributed by atoms with Gasteiger partial charge in [-0.1, -0.05) is 24.3 Å². The standard InChI is InChI=1S/C23H28N2O3/c1-23(2,3)28-22(27)25-17-8-6-9-18(25)14-16(13-17)21(26)20-19-10-5-4-7-15(19)11-12-24-20/h4-5,7,10-12,16-18H,6,8-9,13-14H2,1-3H3. The van der Waals surface area contributed by atoms with E-state index in [1.54, 1.807) is 6.20 Å². The minimum absolute atomic E-state index is 0.0753. The first-order chi connectivity index (χ1) is 13.3. The van der Waals surface area contributed by atoms with Crippen LogP contribution in [-0.2, 0) is 4.74 Å². The summed E-state index contributed by atoms with van der Waals surface area (Å²) < 4.78 is 5.64. The number of nitrogens with zero attached hydrogens (tertiary/aromatic N) is 2. The molecule has 2 aromatic rings. The molecule has 2 unspecified atom stereocenters. The van der Waals surface area contributed by atoms with Gasteiger partial charge in [-0.25, -0.2) is 4.79 Å². The number of pyridine rings is 1. The number of Topliss-reactive ketones (excluding diaryl/α,β-unsaturated/α-hetero) is 1. The van der Waals surface area contributed by atoms with E-state index in [-0.39, 0.29) is 29.9 Å². The summed E-state index contributed by atoms with van der Waals surface area (Å²) in [4.78, 5) is 32.4. The Labute approximate surface area is 166 Å². The number of hydrogen-bond donors (Lipinski definition) is 0. The Hall–Kier alpha value is -2.43. The Bertz CT molecular complexity index is 883. The lowest BCUT2D eigenvalue weighted by Gasteiger charge is -2.48. The molecule has 0 radical (unpaired) electrons. The lowest BCUT2D eigenvalue weighted by Crippen LogP contribution is -2.56. The molecule has 0 aliphatic carbocycles. The fourth-order valence-electron chi connectivity index (χ4n) is 4.72. The van der Waals surface area contributed by atoms with Gasteiger partial charge in [-0.3, -0.25) is 9.78 Å². The number of ether oxygens (including phenoxy) is 1. The van der Waals surface area contributed by atoms with E-state index < -0.39 is 5.60 Å². The molecule has 5 heteroatoms. The van der Waals surface area contributed by atoms with Crippen molar-refractivity contribution in [1.29, 1.82) is 0 Å². The van der Waals surface area contributed by atoms with E-state index in [4.69, 9.17) is 4.74 Å². The van der Waals surface area contributed by atoms with E-state index in [1.807, 2.05) is 56.0 Å². The molecule has 2 atom stereocenters. The molecule has 1 aromatic carbocycles. The van der Waals surface area contributed by atoms with Crippen molar-refractivity contribution in [2.24, 2.45) is 5.92 Å². The SMILES string of the molecule is CC(C)(C)OC(=O)N1C2CCCC1CC(C(=O)c1nccc3ccccc13)C2. The van der Waals surface area contributed by atoms with Gasteiger partial charge in [0.05, 0.1) is 0 Å². The van der Waals surface area contributed by atoms with E-state index in [2.05, 4.69) is 4.98 Å². The second-order valence-electron chi connectivity index (χ2n) is 9.04. The van der Waals surface area contributed by atoms with Crippen LogP contribution in [0, 0.1) is 5.92 Å². The lowest BCUT2D eigenvalue weighted by molar-refractivity contribution is -0.0261. The van der Waals surface area contributed by atoms with Crippen molar-refractivity contribution in [3.05, 3.63) is 42.2 Å². The number of carbonyl (C=O) groups excluding carboxylic acids is 2. The van der Waals surface area contributed by atoms with Gasteiger partial charge in [-0.05, 0) is 64.3 Å². The molecule has 2 aliphatic rings. The number of benzene rings is 1. The Morgan fingerprint density at radius 3 is 2.43 bits per heavy atom. The van der Waals surface area contributed by atoms with Gasteiger partial charge in [0.25, 0.3) is 0 Å². The lowest BCUT2D eigenvalue weighted by atomic mass is 9.76. The van der Waals surface area contributed by atoms with Crippen LogP contribution in [-0.4, -0.2) is 39.4 Å². The zero-order valence-electron chi connectivity index (χ0n) is 16.9. The van der Waals surface area contributed by atoms with Crippen molar-refractivity contribution in [2.45, 2.75) is 70.6 Å². The summed E-state index contributed by atoms with van der Waals surface area (Å²) in [5.74, 6) is 0.0184. The molecule has 28 heavy (non-hydrogen) atoms. The van der Waals surface area contributed by atoms with Crippen molar-refractivity contribution < 1.29 is 14.3 Å². The highest BCUT2D eigenvalue weighted by Crippen LogP contribution is 2.39. The molecule has 0 N–H and O–H groups in total. The number of amides is 1. The normalized spacial score (nSPS) is 24.8. The smallest absolute Gasteiger partial charge is 0.410 e. The number of piperidine rings is 2. The van der Waals surface area contributed by atoms with Gasteiger partial charge in [0, 0.05) is 29.6 Å². The minimum atomic E-state index is -0.509. The average Bonchev–Trinajstić information content (AvgIpc) is 2.64. The number of fused-ring (bicyclic) bond motifs is 3. The van der Waals surface area contributed by atoms with Crippen molar-refractivity contribution in [1.82, 2.24) is 9.88 Å². The summed E-state index contributed by atoms with van der Waals surface area (Å²) in [6.45, 7) is 5.68. The van der Waals surface area contributed by atoms with E-state index >= 15 is 0 Å². The third kappa shape index (κ3) is 3.62. The number of carbonyl (C=O) groups is 2. The molecule has 5 nitrogen and oxygen atoms in total. The van der Waals surface area contributed by atoms with Crippen LogP contribution in [0.5, 0.6) is 0 Å². The summed E-state index contributed by atoms with van der Waals surface area (Å²) in [7, 11) is 0. The van der Waals surface area contributed by atoms with Crippen LogP contribution in [0.2, 0.25) is 0 Å². The summed E-state index contributed by atoms with van der Waals surface area (Å²) in [5.41, 5.74) is 0.0529. The molecule has 2 fully saturated rings. The van der Waals surface area contributed by atoms with Gasteiger partial charge in [0.15, 0.2) is 5.78 Å². The fraction of sp³-hybridized carbons (Fsp3) is 0.522. The zero-order valence-corrected chi connectivity index (χ0v) is 16.9. The summed E-state index contributed by atoms with van der Waals surface area (Å²) in [5, 5.41) is 1.95. The first kappa shape index (κ1) is 18.9. The van der Waals surface area contributed by atoms with E-state index in [0.717, 1.165) is 30.0 Å². The van der Waals surface area contributed by atoms with Crippen molar-refractivity contribution in [3.63, 3.8) is 0 Å². The molecular weight excluding hydrogens is 352 g/mol.